The Balaban J connectivity index is 0. The molecule has 0 aliphatic rings. The SMILES string of the molecule is CNCC(=O)NN.Cl. The summed E-state index contributed by atoms with van der Waals surface area (Å²) >= 11 is 0. The van der Waals surface area contributed by atoms with E-state index in [4.69, 9.17) is 5.84 Å². The fourth-order valence-corrected chi connectivity index (χ4v) is 0.212. The third-order valence-electron chi connectivity index (χ3n) is 0.498. The molecule has 0 radical (unpaired) electrons. The van der Waals surface area contributed by atoms with Crippen LogP contribution in [0.25, 0.3) is 0 Å². The van der Waals surface area contributed by atoms with Gasteiger partial charge in [-0.15, -0.1) is 12.4 Å². The highest BCUT2D eigenvalue weighted by atomic mass is 35.5. The standard InChI is InChI=1S/C3H9N3O.ClH/c1-5-2-3(7)6-4;/h5H,2,4H2,1H3,(H,6,7);1H. The molecule has 0 atom stereocenters. The molecule has 0 saturated heterocycles. The van der Waals surface area contributed by atoms with Crippen molar-refractivity contribution in [1.82, 2.24) is 10.7 Å². The van der Waals surface area contributed by atoms with Crippen LogP contribution in [0.15, 0.2) is 0 Å². The average molecular weight is 140 g/mol. The third-order valence-corrected chi connectivity index (χ3v) is 0.498. The molecule has 0 aromatic rings. The molecular formula is C3H10ClN3O. The summed E-state index contributed by atoms with van der Waals surface area (Å²) in [6, 6.07) is 0. The van der Waals surface area contributed by atoms with Crippen LogP contribution in [0, 0.1) is 0 Å². The molecule has 1 amide bonds. The van der Waals surface area contributed by atoms with Crippen LogP contribution in [0.4, 0.5) is 0 Å². The number of hydrogen-bond acceptors (Lipinski definition) is 3. The number of nitrogens with two attached hydrogens (primary N) is 1. The van der Waals surface area contributed by atoms with Crippen molar-refractivity contribution in [2.75, 3.05) is 13.6 Å². The lowest BCUT2D eigenvalue weighted by molar-refractivity contribution is -0.120. The van der Waals surface area contributed by atoms with E-state index in [2.05, 4.69) is 5.32 Å². The Morgan fingerprint density at radius 3 is 2.38 bits per heavy atom. The Kier molecular flexibility index (Phi) is 8.87. The second kappa shape index (κ2) is 6.68. The number of hydrogen-bond donors (Lipinski definition) is 3. The lowest BCUT2D eigenvalue weighted by Crippen LogP contribution is -2.36. The summed E-state index contributed by atoms with van der Waals surface area (Å²) in [5, 5.41) is 2.63. The second-order valence-electron chi connectivity index (χ2n) is 1.10. The van der Waals surface area contributed by atoms with Crippen LogP contribution in [0.5, 0.6) is 0 Å². The fourth-order valence-electron chi connectivity index (χ4n) is 0.212. The average Bonchev–Trinajstić information content (AvgIpc) is 1.68. The van der Waals surface area contributed by atoms with Gasteiger partial charge >= 0.3 is 0 Å². The number of nitrogens with one attached hydrogen (secondary N) is 2. The molecule has 0 heterocycles. The van der Waals surface area contributed by atoms with E-state index >= 15 is 0 Å². The maximum Gasteiger partial charge on any atom is 0.247 e. The van der Waals surface area contributed by atoms with Crippen LogP contribution in [-0.4, -0.2) is 19.5 Å². The quantitative estimate of drug-likeness (QED) is 0.251. The monoisotopic (exact) mass is 139 g/mol. The molecule has 0 unspecified atom stereocenters. The molecule has 0 aliphatic carbocycles. The highest BCUT2D eigenvalue weighted by Gasteiger charge is 1.89. The fraction of sp³-hybridized carbons (Fsp3) is 0.667. The highest BCUT2D eigenvalue weighted by Crippen LogP contribution is 1.50. The van der Waals surface area contributed by atoms with Crippen molar-refractivity contribution < 1.29 is 4.79 Å². The van der Waals surface area contributed by atoms with Gasteiger partial charge in [0.05, 0.1) is 6.54 Å². The minimum atomic E-state index is -0.206. The number of amides is 1. The minimum absolute atomic E-state index is 0. The van der Waals surface area contributed by atoms with Gasteiger partial charge in [0.1, 0.15) is 0 Å². The molecule has 8 heavy (non-hydrogen) atoms. The molecule has 0 saturated carbocycles. The van der Waals surface area contributed by atoms with Gasteiger partial charge in [-0.05, 0) is 7.05 Å². The predicted molar refractivity (Wildman–Crippen MR) is 33.5 cm³/mol. The molecule has 4 N–H and O–H groups in total. The van der Waals surface area contributed by atoms with Crippen molar-refractivity contribution in [2.45, 2.75) is 0 Å². The Morgan fingerprint density at radius 1 is 1.75 bits per heavy atom. The lowest BCUT2D eigenvalue weighted by atomic mass is 10.6. The van der Waals surface area contributed by atoms with E-state index in [1.807, 2.05) is 5.43 Å². The van der Waals surface area contributed by atoms with Crippen LogP contribution in [0.3, 0.4) is 0 Å². The van der Waals surface area contributed by atoms with Gasteiger partial charge in [-0.25, -0.2) is 5.84 Å². The summed E-state index contributed by atoms with van der Waals surface area (Å²) in [6.07, 6.45) is 0. The maximum absolute atomic E-state index is 10.1. The minimum Gasteiger partial charge on any atom is -0.311 e. The number of halogens is 1. The molecule has 50 valence electrons. The smallest absolute Gasteiger partial charge is 0.247 e. The van der Waals surface area contributed by atoms with E-state index in [0.717, 1.165) is 0 Å². The van der Waals surface area contributed by atoms with Crippen LogP contribution in [0.1, 0.15) is 0 Å². The first-order valence-electron chi connectivity index (χ1n) is 1.95. The molecule has 4 nitrogen and oxygen atoms in total. The molecular weight excluding hydrogens is 130 g/mol. The Bertz CT molecular complexity index is 67.5. The van der Waals surface area contributed by atoms with E-state index < -0.39 is 0 Å². The van der Waals surface area contributed by atoms with Crippen molar-refractivity contribution in [1.29, 1.82) is 0 Å². The summed E-state index contributed by atoms with van der Waals surface area (Å²) in [6.45, 7) is 0.274. The zero-order valence-electron chi connectivity index (χ0n) is 4.60. The van der Waals surface area contributed by atoms with Crippen molar-refractivity contribution in [3.8, 4) is 0 Å². The topological polar surface area (TPSA) is 67.2 Å². The van der Waals surface area contributed by atoms with E-state index in [1.165, 1.54) is 0 Å². The summed E-state index contributed by atoms with van der Waals surface area (Å²) < 4.78 is 0. The molecule has 0 spiro atoms. The van der Waals surface area contributed by atoms with Crippen molar-refractivity contribution in [2.24, 2.45) is 5.84 Å². The summed E-state index contributed by atoms with van der Waals surface area (Å²) in [5.74, 6) is 4.51. The van der Waals surface area contributed by atoms with Gasteiger partial charge in [-0.2, -0.15) is 0 Å². The van der Waals surface area contributed by atoms with Gasteiger partial charge in [0, 0.05) is 0 Å². The van der Waals surface area contributed by atoms with Gasteiger partial charge in [-0.3, -0.25) is 10.2 Å². The molecule has 0 aromatic carbocycles. The molecule has 5 heteroatoms. The lowest BCUT2D eigenvalue weighted by Gasteiger charge is -1.93. The van der Waals surface area contributed by atoms with Crippen LogP contribution in [0.2, 0.25) is 0 Å². The molecule has 0 rings (SSSR count). The zero-order valence-corrected chi connectivity index (χ0v) is 5.42. The largest absolute Gasteiger partial charge is 0.311 e. The van der Waals surface area contributed by atoms with Crippen LogP contribution < -0.4 is 16.6 Å². The van der Waals surface area contributed by atoms with Crippen molar-refractivity contribution in [3.05, 3.63) is 0 Å². The second-order valence-corrected chi connectivity index (χ2v) is 1.10. The van der Waals surface area contributed by atoms with E-state index in [-0.39, 0.29) is 24.9 Å². The first-order valence-corrected chi connectivity index (χ1v) is 1.95. The number of carbonyl (C=O) groups excluding carboxylic acids is 1. The van der Waals surface area contributed by atoms with Crippen molar-refractivity contribution in [3.63, 3.8) is 0 Å². The highest BCUT2D eigenvalue weighted by molar-refractivity contribution is 5.85. The predicted octanol–water partition coefficient (Wildman–Crippen LogP) is -1.38. The number of rotatable bonds is 2. The first kappa shape index (κ1) is 10.6. The Labute approximate surface area is 54.2 Å². The van der Waals surface area contributed by atoms with Crippen LogP contribution >= 0.6 is 12.4 Å². The maximum atomic E-state index is 10.1. The van der Waals surface area contributed by atoms with E-state index in [1.54, 1.807) is 7.05 Å². The normalized spacial score (nSPS) is 7.25. The molecule has 0 bridgehead atoms. The van der Waals surface area contributed by atoms with Gasteiger partial charge in [0.15, 0.2) is 0 Å². The number of carbonyl (C=O) groups is 1. The number of hydrazine groups is 1. The summed E-state index contributed by atoms with van der Waals surface area (Å²) in [5.41, 5.74) is 1.96. The third kappa shape index (κ3) is 5.68. The van der Waals surface area contributed by atoms with Gasteiger partial charge in [-0.1, -0.05) is 0 Å². The summed E-state index contributed by atoms with van der Waals surface area (Å²) in [4.78, 5) is 10.1. The Morgan fingerprint density at radius 2 is 2.25 bits per heavy atom. The zero-order chi connectivity index (χ0) is 5.70. The molecule has 0 aliphatic heterocycles. The Hall–Kier alpha value is -0.320. The summed E-state index contributed by atoms with van der Waals surface area (Å²) in [7, 11) is 1.68. The van der Waals surface area contributed by atoms with Gasteiger partial charge in [0.25, 0.3) is 0 Å². The van der Waals surface area contributed by atoms with E-state index in [9.17, 15) is 4.79 Å². The van der Waals surface area contributed by atoms with Crippen LogP contribution in [-0.2, 0) is 4.79 Å². The molecule has 0 aromatic heterocycles. The first-order chi connectivity index (χ1) is 3.31. The number of likely N-dealkylation sites (N-methyl/N-ethyl adjacent to an activating group) is 1. The van der Waals surface area contributed by atoms with Crippen molar-refractivity contribution >= 4 is 18.3 Å². The van der Waals surface area contributed by atoms with E-state index in [0.29, 0.717) is 0 Å². The van der Waals surface area contributed by atoms with Gasteiger partial charge in [0.2, 0.25) is 5.91 Å². The molecule has 0 fully saturated rings. The van der Waals surface area contributed by atoms with Gasteiger partial charge < -0.3 is 5.32 Å².